The van der Waals surface area contributed by atoms with Gasteiger partial charge in [-0.25, -0.2) is 9.78 Å². The van der Waals surface area contributed by atoms with E-state index < -0.39 is 24.0 Å². The van der Waals surface area contributed by atoms with Crippen LogP contribution in [0, 0.1) is 23.7 Å². The summed E-state index contributed by atoms with van der Waals surface area (Å²) in [6.45, 7) is 6.29. The van der Waals surface area contributed by atoms with Crippen LogP contribution in [0.15, 0.2) is 30.3 Å². The molecule has 1 aliphatic carbocycles. The lowest BCUT2D eigenvalue weighted by molar-refractivity contribution is -0.576. The zero-order valence-electron chi connectivity index (χ0n) is 18.0. The van der Waals surface area contributed by atoms with E-state index in [1.165, 1.54) is 0 Å². The molecule has 4 saturated heterocycles. The Morgan fingerprint density at radius 2 is 1.90 bits per heavy atom. The molecular formula is C24H32O6. The van der Waals surface area contributed by atoms with Crippen LogP contribution in [0.25, 0.3) is 0 Å². The van der Waals surface area contributed by atoms with Gasteiger partial charge in [0, 0.05) is 24.7 Å². The van der Waals surface area contributed by atoms with Crippen molar-refractivity contribution in [3.05, 3.63) is 35.9 Å². The second-order valence-electron chi connectivity index (χ2n) is 9.75. The Balaban J connectivity index is 1.33. The maximum absolute atomic E-state index is 12.6. The summed E-state index contributed by atoms with van der Waals surface area (Å²) < 4.78 is 18.4. The maximum atomic E-state index is 12.6. The van der Waals surface area contributed by atoms with Crippen LogP contribution in [-0.4, -0.2) is 29.9 Å². The highest BCUT2D eigenvalue weighted by atomic mass is 17.3. The Morgan fingerprint density at radius 3 is 2.70 bits per heavy atom. The fourth-order valence-corrected chi connectivity index (χ4v) is 6.09. The van der Waals surface area contributed by atoms with Crippen molar-refractivity contribution in [3.63, 3.8) is 0 Å². The van der Waals surface area contributed by atoms with Crippen molar-refractivity contribution < 1.29 is 28.8 Å². The van der Waals surface area contributed by atoms with E-state index >= 15 is 0 Å². The fraction of sp³-hybridized carbons (Fsp3) is 0.708. The highest BCUT2D eigenvalue weighted by Crippen LogP contribution is 2.60. The first-order valence-corrected chi connectivity index (χ1v) is 11.3. The van der Waals surface area contributed by atoms with Crippen LogP contribution in [-0.2, 0) is 35.2 Å². The number of aryl methyl sites for hydroxylation is 1. The molecule has 3 unspecified atom stereocenters. The van der Waals surface area contributed by atoms with Gasteiger partial charge in [-0.3, -0.25) is 4.79 Å². The molecule has 6 heteroatoms. The van der Waals surface area contributed by atoms with Crippen molar-refractivity contribution in [3.8, 4) is 0 Å². The van der Waals surface area contributed by atoms with E-state index in [0.717, 1.165) is 31.2 Å². The third-order valence-corrected chi connectivity index (χ3v) is 7.81. The van der Waals surface area contributed by atoms with Gasteiger partial charge in [0.2, 0.25) is 12.1 Å². The fourth-order valence-electron chi connectivity index (χ4n) is 6.09. The van der Waals surface area contributed by atoms with Crippen molar-refractivity contribution in [2.45, 2.75) is 83.3 Å². The van der Waals surface area contributed by atoms with Gasteiger partial charge in [-0.1, -0.05) is 44.2 Å². The average molecular weight is 417 g/mol. The summed E-state index contributed by atoms with van der Waals surface area (Å²) in [7, 11) is 0. The second kappa shape index (κ2) is 7.59. The van der Waals surface area contributed by atoms with Gasteiger partial charge in [0.1, 0.15) is 0 Å². The van der Waals surface area contributed by atoms with E-state index in [1.807, 2.05) is 37.3 Å². The number of carbonyl (C=O) groups is 1. The number of rotatable bonds is 4. The summed E-state index contributed by atoms with van der Waals surface area (Å²) in [5, 5.41) is 0. The Hall–Kier alpha value is -1.47. The molecule has 2 bridgehead atoms. The van der Waals surface area contributed by atoms with Crippen LogP contribution >= 0.6 is 0 Å². The number of hydrogen-bond acceptors (Lipinski definition) is 6. The summed E-state index contributed by atoms with van der Waals surface area (Å²) in [6.07, 6.45) is 3.64. The molecule has 4 aliphatic heterocycles. The van der Waals surface area contributed by atoms with Gasteiger partial charge in [-0.2, -0.15) is 0 Å². The molecule has 0 N–H and O–H groups in total. The number of carbonyl (C=O) groups excluding carboxylic acids is 1. The lowest BCUT2D eigenvalue weighted by Gasteiger charge is -2.59. The summed E-state index contributed by atoms with van der Waals surface area (Å²) in [6, 6.07) is 9.98. The number of hydrogen-bond donors (Lipinski definition) is 0. The van der Waals surface area contributed by atoms with Crippen LogP contribution in [0.3, 0.4) is 0 Å². The Bertz CT molecular complexity index is 783. The van der Waals surface area contributed by atoms with Crippen LogP contribution in [0.2, 0.25) is 0 Å². The van der Waals surface area contributed by atoms with E-state index in [0.29, 0.717) is 24.7 Å². The molecule has 6 nitrogen and oxygen atoms in total. The van der Waals surface area contributed by atoms with Gasteiger partial charge in [0.15, 0.2) is 11.9 Å². The maximum Gasteiger partial charge on any atom is 0.308 e. The van der Waals surface area contributed by atoms with Gasteiger partial charge in [-0.05, 0) is 50.0 Å². The molecule has 1 saturated carbocycles. The second-order valence-corrected chi connectivity index (χ2v) is 9.75. The molecule has 0 radical (unpaired) electrons. The molecule has 6 rings (SSSR count). The summed E-state index contributed by atoms with van der Waals surface area (Å²) in [4.78, 5) is 24.6. The monoisotopic (exact) mass is 416 g/mol. The SMILES string of the molecule is C[C@H]1[C@H](OC(=O)CCc2ccccc2)OC2OC3(C)CCC4[C@H](C)CC[C@@H]1[C@@]24OO3. The van der Waals surface area contributed by atoms with Gasteiger partial charge >= 0.3 is 5.97 Å². The normalized spacial score (nSPS) is 44.8. The zero-order chi connectivity index (χ0) is 20.9. The number of esters is 1. The van der Waals surface area contributed by atoms with Crippen molar-refractivity contribution in [2.75, 3.05) is 0 Å². The predicted octanol–water partition coefficient (Wildman–Crippen LogP) is 4.37. The Morgan fingerprint density at radius 1 is 1.10 bits per heavy atom. The first-order valence-electron chi connectivity index (χ1n) is 11.3. The highest BCUT2D eigenvalue weighted by Gasteiger charge is 2.69. The van der Waals surface area contributed by atoms with Gasteiger partial charge in [0.25, 0.3) is 0 Å². The van der Waals surface area contributed by atoms with E-state index in [2.05, 4.69) is 13.8 Å². The van der Waals surface area contributed by atoms with Crippen LogP contribution in [0.1, 0.15) is 58.4 Å². The molecule has 0 amide bonds. The first-order chi connectivity index (χ1) is 14.4. The summed E-state index contributed by atoms with van der Waals surface area (Å²) >= 11 is 0. The number of ether oxygens (including phenoxy) is 3. The van der Waals surface area contributed by atoms with Crippen molar-refractivity contribution >= 4 is 5.97 Å². The van der Waals surface area contributed by atoms with Crippen molar-refractivity contribution in [2.24, 2.45) is 23.7 Å². The van der Waals surface area contributed by atoms with Crippen LogP contribution < -0.4 is 0 Å². The molecular weight excluding hydrogens is 384 g/mol. The lowest BCUT2D eigenvalue weighted by atomic mass is 9.58. The standard InChI is InChI=1S/C24H32O6/c1-15-9-11-19-16(2)21(26-20(25)12-10-17-7-5-4-6-8-17)27-22-24(19)18(15)13-14-23(3,28-22)29-30-24/h4-8,15-16,18-19,21-22H,9-14H2,1-3H3/t15-,16-,18?,19+,21-,22?,23?,24-/m1/s1. The summed E-state index contributed by atoms with van der Waals surface area (Å²) in [5.41, 5.74) is 0.498. The van der Waals surface area contributed by atoms with Gasteiger partial charge < -0.3 is 14.2 Å². The van der Waals surface area contributed by atoms with E-state index in [1.54, 1.807) is 0 Å². The molecule has 8 atom stereocenters. The minimum absolute atomic E-state index is 0.00609. The minimum atomic E-state index is -0.819. The molecule has 5 fully saturated rings. The third kappa shape index (κ3) is 3.29. The first kappa shape index (κ1) is 20.4. The molecule has 4 heterocycles. The van der Waals surface area contributed by atoms with E-state index in [4.69, 9.17) is 24.0 Å². The molecule has 1 aromatic carbocycles. The molecule has 1 aromatic rings. The van der Waals surface area contributed by atoms with Crippen LogP contribution in [0.4, 0.5) is 0 Å². The smallest absolute Gasteiger partial charge is 0.308 e. The van der Waals surface area contributed by atoms with Gasteiger partial charge in [0.05, 0.1) is 0 Å². The molecule has 5 aliphatic rings. The lowest BCUT2D eigenvalue weighted by Crippen LogP contribution is -2.70. The van der Waals surface area contributed by atoms with E-state index in [-0.39, 0.29) is 17.8 Å². The predicted molar refractivity (Wildman–Crippen MR) is 108 cm³/mol. The molecule has 0 aromatic heterocycles. The largest absolute Gasteiger partial charge is 0.435 e. The van der Waals surface area contributed by atoms with Crippen LogP contribution in [0.5, 0.6) is 0 Å². The zero-order valence-corrected chi connectivity index (χ0v) is 18.0. The number of fused-ring (bicyclic) bond motifs is 2. The Kier molecular flexibility index (Phi) is 5.17. The average Bonchev–Trinajstić information content (AvgIpc) is 2.97. The molecule has 30 heavy (non-hydrogen) atoms. The third-order valence-electron chi connectivity index (χ3n) is 7.81. The quantitative estimate of drug-likeness (QED) is 0.536. The topological polar surface area (TPSA) is 63.2 Å². The van der Waals surface area contributed by atoms with E-state index in [9.17, 15) is 4.79 Å². The Labute approximate surface area is 178 Å². The molecule has 164 valence electrons. The van der Waals surface area contributed by atoms with Gasteiger partial charge in [-0.15, -0.1) is 0 Å². The van der Waals surface area contributed by atoms with Crippen molar-refractivity contribution in [1.82, 2.24) is 0 Å². The van der Waals surface area contributed by atoms with Crippen molar-refractivity contribution in [1.29, 1.82) is 0 Å². The summed E-state index contributed by atoms with van der Waals surface area (Å²) in [5.74, 6) is -0.0759. The highest BCUT2D eigenvalue weighted by molar-refractivity contribution is 5.69. The minimum Gasteiger partial charge on any atom is -0.435 e. The molecule has 1 spiro atoms. The number of benzene rings is 1.